The van der Waals surface area contributed by atoms with Gasteiger partial charge in [0.15, 0.2) is 0 Å². The summed E-state index contributed by atoms with van der Waals surface area (Å²) in [5.74, 6) is -0.202. The normalized spacial score (nSPS) is 10.4. The van der Waals surface area contributed by atoms with Crippen LogP contribution >= 0.6 is 46.4 Å². The van der Waals surface area contributed by atoms with Gasteiger partial charge in [0.25, 0.3) is 23.3 Å². The molecule has 209 valence electrons. The Morgan fingerprint density at radius 1 is 0.610 bits per heavy atom. The van der Waals surface area contributed by atoms with Crippen LogP contribution in [0, 0.1) is 0 Å². The van der Waals surface area contributed by atoms with Crippen LogP contribution in [-0.2, 0) is 17.1 Å². The van der Waals surface area contributed by atoms with Gasteiger partial charge in [-0.05, 0) is 48.5 Å². The zero-order valence-corrected chi connectivity index (χ0v) is 24.9. The summed E-state index contributed by atoms with van der Waals surface area (Å²) in [7, 11) is 0. The second kappa shape index (κ2) is 16.6. The van der Waals surface area contributed by atoms with Crippen molar-refractivity contribution in [3.63, 3.8) is 0 Å². The molecule has 13 heteroatoms. The number of carbonyl (C=O) groups excluding carboxylic acids is 2. The van der Waals surface area contributed by atoms with Crippen LogP contribution in [0.5, 0.6) is 11.5 Å². The SMILES string of the molecule is [Fe+3].[OH+]=C([N-]N=Cc1cc(Cl)cc(Cl)c1[OH2+])c1ccccc1.[OH+]=C([N-]N=Cc1cc(Cl)cc(Cl)c1[OH2+])c1ccccc1. The monoisotopic (exact) mass is 674 g/mol. The number of nitrogens with zero attached hydrogens (tertiary/aromatic N) is 4. The van der Waals surface area contributed by atoms with Gasteiger partial charge in [0.05, 0.1) is 22.3 Å². The van der Waals surface area contributed by atoms with Gasteiger partial charge < -0.3 is 31.3 Å². The van der Waals surface area contributed by atoms with Gasteiger partial charge in [0.2, 0.25) is 0 Å². The molecule has 1 radical (unpaired) electrons. The molecule has 0 atom stereocenters. The van der Waals surface area contributed by atoms with Crippen molar-refractivity contribution >= 4 is 70.6 Å². The maximum atomic E-state index is 9.71. The van der Waals surface area contributed by atoms with Gasteiger partial charge in [-0.25, -0.2) is 0 Å². The molecule has 0 spiro atoms. The van der Waals surface area contributed by atoms with Crippen molar-refractivity contribution in [2.24, 2.45) is 10.2 Å². The molecule has 0 unspecified atom stereocenters. The second-order valence-electron chi connectivity index (χ2n) is 7.77. The van der Waals surface area contributed by atoms with Crippen molar-refractivity contribution in [1.82, 2.24) is 0 Å². The van der Waals surface area contributed by atoms with Crippen LogP contribution in [0.4, 0.5) is 0 Å². The van der Waals surface area contributed by atoms with Gasteiger partial charge in [-0.3, -0.25) is 9.59 Å². The van der Waals surface area contributed by atoms with E-state index >= 15 is 0 Å². The fourth-order valence-corrected chi connectivity index (χ4v) is 3.99. The minimum absolute atomic E-state index is 0. The number of hydrogen-bond acceptors (Lipinski definition) is 2. The number of amides is 2. The number of halogens is 4. The standard InChI is InChI=1S/2C14H10Cl2N2O2.Fe/c2*15-11-6-10(13(19)12(16)7-11)8-17-18-14(20)9-4-2-1-3-5-9;/h2*1-8H,(H2,17,18,19,20);/q;;+3/p+2. The molecule has 0 aliphatic carbocycles. The summed E-state index contributed by atoms with van der Waals surface area (Å²) in [5.41, 5.74) is 9.28. The van der Waals surface area contributed by atoms with E-state index in [0.29, 0.717) is 32.3 Å². The van der Waals surface area contributed by atoms with Crippen molar-refractivity contribution in [2.45, 2.75) is 0 Å². The molecule has 0 aromatic heterocycles. The molecular weight excluding hydrogens is 654 g/mol. The first kappa shape index (κ1) is 33.6. The molecule has 0 bridgehead atoms. The van der Waals surface area contributed by atoms with E-state index in [2.05, 4.69) is 21.1 Å². The van der Waals surface area contributed by atoms with Crippen LogP contribution in [0.2, 0.25) is 20.1 Å². The molecule has 0 fully saturated rings. The molecule has 4 aromatic rings. The average molecular weight is 676 g/mol. The first-order chi connectivity index (χ1) is 19.2. The van der Waals surface area contributed by atoms with E-state index in [9.17, 15) is 9.59 Å². The first-order valence-electron chi connectivity index (χ1n) is 11.3. The van der Waals surface area contributed by atoms with Crippen LogP contribution < -0.4 is 0 Å². The maximum absolute atomic E-state index is 9.71. The molecular formula is C28H22Cl4FeN4O4+5. The topological polar surface area (TPSA) is 142 Å². The molecule has 4 rings (SSSR count). The fraction of sp³-hybridized carbons (Fsp3) is 0. The largest absolute Gasteiger partial charge is 3.00 e. The summed E-state index contributed by atoms with van der Waals surface area (Å²) >= 11 is 23.4. The van der Waals surface area contributed by atoms with Crippen LogP contribution in [0.15, 0.2) is 95.1 Å². The van der Waals surface area contributed by atoms with Crippen LogP contribution in [-0.4, -0.2) is 44.0 Å². The van der Waals surface area contributed by atoms with Gasteiger partial charge in [0.1, 0.15) is 10.0 Å². The van der Waals surface area contributed by atoms with Gasteiger partial charge in [-0.1, -0.05) is 82.8 Å². The number of hydrogen-bond donors (Lipinski definition) is 0. The van der Waals surface area contributed by atoms with Crippen LogP contribution in [0.3, 0.4) is 0 Å². The Bertz CT molecular complexity index is 1440. The Balaban J connectivity index is 0.000000280. The Labute approximate surface area is 266 Å². The van der Waals surface area contributed by atoms with Gasteiger partial charge >= 0.3 is 17.1 Å². The molecule has 2 amide bonds. The molecule has 6 N–H and O–H groups in total. The minimum atomic E-state index is -0.207. The van der Waals surface area contributed by atoms with Crippen molar-refractivity contribution in [3.05, 3.63) is 138 Å². The molecule has 8 nitrogen and oxygen atoms in total. The van der Waals surface area contributed by atoms with Gasteiger partial charge in [-0.15, -0.1) is 0 Å². The number of rotatable bonds is 6. The summed E-state index contributed by atoms with van der Waals surface area (Å²) in [6, 6.07) is 23.7. The van der Waals surface area contributed by atoms with Crippen molar-refractivity contribution in [3.8, 4) is 11.5 Å². The zero-order chi connectivity index (χ0) is 29.1. The third kappa shape index (κ3) is 10.4. The summed E-state index contributed by atoms with van der Waals surface area (Å²) < 4.78 is 0. The maximum Gasteiger partial charge on any atom is 3.00 e. The van der Waals surface area contributed by atoms with Crippen LogP contribution in [0.1, 0.15) is 22.3 Å². The predicted molar refractivity (Wildman–Crippen MR) is 166 cm³/mol. The van der Waals surface area contributed by atoms with E-state index in [1.165, 1.54) is 24.6 Å². The van der Waals surface area contributed by atoms with Gasteiger partial charge in [-0.2, -0.15) is 0 Å². The van der Waals surface area contributed by atoms with E-state index in [0.717, 1.165) is 0 Å². The van der Waals surface area contributed by atoms with Crippen LogP contribution in [0.25, 0.3) is 10.9 Å². The van der Waals surface area contributed by atoms with Crippen molar-refractivity contribution in [1.29, 1.82) is 0 Å². The second-order valence-corrected chi connectivity index (χ2v) is 9.46. The summed E-state index contributed by atoms with van der Waals surface area (Å²) in [5, 5.41) is 24.2. The quantitative estimate of drug-likeness (QED) is 0.0871. The number of benzene rings is 4. The Morgan fingerprint density at radius 2 is 0.951 bits per heavy atom. The van der Waals surface area contributed by atoms with Crippen molar-refractivity contribution in [2.75, 3.05) is 0 Å². The minimum Gasteiger partial charge on any atom is -0.592 e. The molecule has 0 saturated heterocycles. The summed E-state index contributed by atoms with van der Waals surface area (Å²) in [6.07, 6.45) is 2.64. The van der Waals surface area contributed by atoms with E-state index in [1.807, 2.05) is 12.1 Å². The van der Waals surface area contributed by atoms with E-state index in [-0.39, 0.29) is 50.4 Å². The third-order valence-electron chi connectivity index (χ3n) is 4.93. The van der Waals surface area contributed by atoms with E-state index in [1.54, 1.807) is 60.7 Å². The average Bonchev–Trinajstić information content (AvgIpc) is 2.95. The molecule has 0 aliphatic rings. The van der Waals surface area contributed by atoms with Gasteiger partial charge in [0, 0.05) is 22.5 Å². The molecule has 0 saturated carbocycles. The molecule has 41 heavy (non-hydrogen) atoms. The Kier molecular flexibility index (Phi) is 13.7. The third-order valence-corrected chi connectivity index (χ3v) is 5.97. The molecule has 4 aromatic carbocycles. The zero-order valence-electron chi connectivity index (χ0n) is 20.8. The predicted octanol–water partition coefficient (Wildman–Crippen LogP) is 7.38. The smallest absolute Gasteiger partial charge is 0.592 e. The molecule has 0 heterocycles. The Hall–Kier alpha value is -3.56. The summed E-state index contributed by atoms with van der Waals surface area (Å²) in [4.78, 5) is 19.4. The fourth-order valence-electron chi connectivity index (χ4n) is 2.97. The summed E-state index contributed by atoms with van der Waals surface area (Å²) in [6.45, 7) is 0. The van der Waals surface area contributed by atoms with E-state index in [4.69, 9.17) is 56.6 Å². The van der Waals surface area contributed by atoms with Crippen molar-refractivity contribution < 1.29 is 36.9 Å². The first-order valence-corrected chi connectivity index (χ1v) is 12.8. The molecule has 0 aliphatic heterocycles. The Morgan fingerprint density at radius 3 is 1.29 bits per heavy atom. The van der Waals surface area contributed by atoms with E-state index < -0.39 is 0 Å².